The highest BCUT2D eigenvalue weighted by Gasteiger charge is 2.11. The van der Waals surface area contributed by atoms with E-state index in [-0.39, 0.29) is 0 Å². The van der Waals surface area contributed by atoms with E-state index >= 15 is 0 Å². The fraction of sp³-hybridized carbons (Fsp3) is 0.412. The number of hydrogen-bond acceptors (Lipinski definition) is 0. The summed E-state index contributed by atoms with van der Waals surface area (Å²) in [5.74, 6) is 0.453. The molecule has 1 unspecified atom stereocenters. The van der Waals surface area contributed by atoms with E-state index < -0.39 is 0 Å². The van der Waals surface area contributed by atoms with Crippen molar-refractivity contribution in [2.24, 2.45) is 5.92 Å². The zero-order chi connectivity index (χ0) is 13.6. The highest BCUT2D eigenvalue weighted by Crippen LogP contribution is 2.28. The van der Waals surface area contributed by atoms with Crippen LogP contribution in [0.3, 0.4) is 0 Å². The van der Waals surface area contributed by atoms with Gasteiger partial charge in [-0.25, -0.2) is 0 Å². The van der Waals surface area contributed by atoms with Gasteiger partial charge in [0.15, 0.2) is 0 Å². The molecule has 0 spiro atoms. The molecule has 0 rings (SSSR count). The van der Waals surface area contributed by atoms with Crippen LogP contribution in [0, 0.1) is 5.92 Å². The van der Waals surface area contributed by atoms with Crippen LogP contribution in [0.2, 0.25) is 0 Å². The van der Waals surface area contributed by atoms with Crippen LogP contribution < -0.4 is 0 Å². The summed E-state index contributed by atoms with van der Waals surface area (Å²) in [6.07, 6.45) is 4.22. The minimum atomic E-state index is 0.453. The van der Waals surface area contributed by atoms with E-state index in [0.717, 1.165) is 35.1 Å². The molecule has 0 saturated heterocycles. The Morgan fingerprint density at radius 3 is 1.94 bits per heavy atom. The van der Waals surface area contributed by atoms with Gasteiger partial charge in [-0.15, -0.1) is 6.58 Å². The molecule has 0 aromatic heterocycles. The molecule has 1 atom stereocenters. The highest BCUT2D eigenvalue weighted by molar-refractivity contribution is 5.47. The van der Waals surface area contributed by atoms with Crippen LogP contribution in [0.1, 0.15) is 40.5 Å². The molecular weight excluding hydrogens is 204 g/mol. The van der Waals surface area contributed by atoms with E-state index in [0.29, 0.717) is 5.92 Å². The number of allylic oxidation sites excluding steroid dienone is 6. The van der Waals surface area contributed by atoms with E-state index in [2.05, 4.69) is 46.2 Å². The predicted octanol–water partition coefficient (Wildman–Crippen LogP) is 5.61. The molecule has 0 radical (unpaired) electrons. The molecule has 0 heterocycles. The fourth-order valence-electron chi connectivity index (χ4n) is 1.64. The van der Waals surface area contributed by atoms with Crippen molar-refractivity contribution in [3.8, 4) is 0 Å². The molecule has 0 heteroatoms. The molecule has 0 aromatic carbocycles. The predicted molar refractivity (Wildman–Crippen MR) is 80.1 cm³/mol. The molecule has 0 fully saturated rings. The molecule has 17 heavy (non-hydrogen) atoms. The van der Waals surface area contributed by atoms with Crippen molar-refractivity contribution >= 4 is 0 Å². The van der Waals surface area contributed by atoms with Gasteiger partial charge >= 0.3 is 0 Å². The second kappa shape index (κ2) is 7.11. The number of hydrogen-bond donors (Lipinski definition) is 0. The van der Waals surface area contributed by atoms with E-state index in [1.807, 2.05) is 13.8 Å². The van der Waals surface area contributed by atoms with Crippen LogP contribution in [-0.4, -0.2) is 0 Å². The van der Waals surface area contributed by atoms with Crippen molar-refractivity contribution in [3.05, 3.63) is 60.3 Å². The summed E-state index contributed by atoms with van der Waals surface area (Å²) in [6.45, 7) is 24.4. The summed E-state index contributed by atoms with van der Waals surface area (Å²) in [7, 11) is 0. The first-order valence-corrected chi connectivity index (χ1v) is 6.12. The third-order valence-electron chi connectivity index (χ3n) is 2.80. The lowest BCUT2D eigenvalue weighted by molar-refractivity contribution is 0.619. The van der Waals surface area contributed by atoms with Gasteiger partial charge in [-0.2, -0.15) is 0 Å². The Balaban J connectivity index is 4.80. The summed E-state index contributed by atoms with van der Waals surface area (Å²) in [6, 6.07) is 0. The summed E-state index contributed by atoms with van der Waals surface area (Å²) in [5.41, 5.74) is 5.62. The van der Waals surface area contributed by atoms with Gasteiger partial charge in [0, 0.05) is 0 Å². The number of rotatable bonds is 7. The van der Waals surface area contributed by atoms with E-state index in [9.17, 15) is 0 Å². The lowest BCUT2D eigenvalue weighted by atomic mass is 9.87. The Morgan fingerprint density at radius 2 is 1.59 bits per heavy atom. The normalized spacial score (nSPS) is 13.1. The van der Waals surface area contributed by atoms with Crippen molar-refractivity contribution in [3.63, 3.8) is 0 Å². The molecule has 0 aliphatic carbocycles. The van der Waals surface area contributed by atoms with Crippen LogP contribution in [0.5, 0.6) is 0 Å². The van der Waals surface area contributed by atoms with Crippen LogP contribution in [0.15, 0.2) is 60.3 Å². The van der Waals surface area contributed by atoms with Gasteiger partial charge in [-0.1, -0.05) is 49.5 Å². The topological polar surface area (TPSA) is 0 Å². The molecule has 0 aromatic rings. The molecule has 0 aliphatic heterocycles. The molecular formula is C17H26. The van der Waals surface area contributed by atoms with Crippen molar-refractivity contribution < 1.29 is 0 Å². The molecule has 0 aliphatic rings. The van der Waals surface area contributed by atoms with Crippen molar-refractivity contribution in [2.45, 2.75) is 40.5 Å². The Labute approximate surface area is 107 Å². The average Bonchev–Trinajstić information content (AvgIpc) is 2.20. The van der Waals surface area contributed by atoms with E-state index in [4.69, 9.17) is 0 Å². The second-order valence-corrected chi connectivity index (χ2v) is 5.11. The molecule has 0 saturated carbocycles. The molecule has 0 nitrogen and oxygen atoms in total. The second-order valence-electron chi connectivity index (χ2n) is 5.11. The van der Waals surface area contributed by atoms with E-state index in [1.54, 1.807) is 0 Å². The van der Waals surface area contributed by atoms with Gasteiger partial charge in [-0.3, -0.25) is 0 Å². The Morgan fingerprint density at radius 1 is 1.06 bits per heavy atom. The fourth-order valence-corrected chi connectivity index (χ4v) is 1.64. The van der Waals surface area contributed by atoms with Crippen molar-refractivity contribution in [1.29, 1.82) is 0 Å². The molecule has 94 valence electrons. The first kappa shape index (κ1) is 15.7. The lowest BCUT2D eigenvalue weighted by Crippen LogP contribution is -2.03. The minimum Gasteiger partial charge on any atom is -0.100 e. The largest absolute Gasteiger partial charge is 0.100 e. The van der Waals surface area contributed by atoms with Gasteiger partial charge in [-0.05, 0) is 50.7 Å². The first-order chi connectivity index (χ1) is 7.75. The monoisotopic (exact) mass is 230 g/mol. The third kappa shape index (κ3) is 6.11. The lowest BCUT2D eigenvalue weighted by Gasteiger charge is -2.18. The Bertz CT molecular complexity index is 363. The van der Waals surface area contributed by atoms with Gasteiger partial charge in [0.1, 0.15) is 0 Å². The zero-order valence-electron chi connectivity index (χ0n) is 11.9. The van der Waals surface area contributed by atoms with Crippen LogP contribution in [0.25, 0.3) is 0 Å². The average molecular weight is 230 g/mol. The zero-order valence-corrected chi connectivity index (χ0v) is 11.9. The first-order valence-electron chi connectivity index (χ1n) is 6.12. The van der Waals surface area contributed by atoms with Gasteiger partial charge in [0.25, 0.3) is 0 Å². The highest BCUT2D eigenvalue weighted by atomic mass is 14.2. The Kier molecular flexibility index (Phi) is 6.57. The van der Waals surface area contributed by atoms with Crippen LogP contribution >= 0.6 is 0 Å². The van der Waals surface area contributed by atoms with Gasteiger partial charge in [0.05, 0.1) is 0 Å². The summed E-state index contributed by atoms with van der Waals surface area (Å²) >= 11 is 0. The van der Waals surface area contributed by atoms with Crippen molar-refractivity contribution in [1.82, 2.24) is 0 Å². The standard InChI is InChI=1S/C17H26/c1-12(2)9-10-15(7)16(8)17(14(5)6)11-13(3)4/h11,15H,1,3,5,8-10H2,2,4,6-7H3. The maximum atomic E-state index is 4.21. The SMILES string of the molecule is C=C(C)C=C(C(=C)C)C(=C)C(C)CCC(=C)C. The summed E-state index contributed by atoms with van der Waals surface area (Å²) in [5, 5.41) is 0. The summed E-state index contributed by atoms with van der Waals surface area (Å²) in [4.78, 5) is 0. The third-order valence-corrected chi connectivity index (χ3v) is 2.80. The summed E-state index contributed by atoms with van der Waals surface area (Å²) < 4.78 is 0. The minimum absolute atomic E-state index is 0.453. The molecule has 0 N–H and O–H groups in total. The maximum Gasteiger partial charge on any atom is -0.0187 e. The van der Waals surface area contributed by atoms with Crippen molar-refractivity contribution in [2.75, 3.05) is 0 Å². The molecule has 0 amide bonds. The quantitative estimate of drug-likeness (QED) is 0.393. The smallest absolute Gasteiger partial charge is 0.0187 e. The van der Waals surface area contributed by atoms with Gasteiger partial charge < -0.3 is 0 Å². The van der Waals surface area contributed by atoms with E-state index in [1.165, 1.54) is 5.57 Å². The molecule has 0 bridgehead atoms. The van der Waals surface area contributed by atoms with Crippen LogP contribution in [-0.2, 0) is 0 Å². The Hall–Kier alpha value is -1.30. The maximum absolute atomic E-state index is 4.21. The van der Waals surface area contributed by atoms with Gasteiger partial charge in [0.2, 0.25) is 0 Å². The van der Waals surface area contributed by atoms with Crippen LogP contribution in [0.4, 0.5) is 0 Å².